The highest BCUT2D eigenvalue weighted by atomic mass is 16.6. The molecule has 0 atom stereocenters. The monoisotopic (exact) mass is 379 g/mol. The Kier molecular flexibility index (Phi) is 5.64. The number of carbonyl (C=O) groups is 2. The van der Waals surface area contributed by atoms with Crippen molar-refractivity contribution in [2.24, 2.45) is 0 Å². The molecule has 3 rings (SSSR count). The number of methoxy groups -OCH3 is 1. The van der Waals surface area contributed by atoms with Gasteiger partial charge in [0.05, 0.1) is 18.5 Å². The van der Waals surface area contributed by atoms with Gasteiger partial charge in [-0.15, -0.1) is 0 Å². The second-order valence-corrected chi connectivity index (χ2v) is 6.11. The highest BCUT2D eigenvalue weighted by molar-refractivity contribution is 6.01. The number of Topliss-reactive ketones (excluding diaryl/α,β-unsaturated/α-hetero) is 1. The number of fused-ring (bicyclic) bond motifs is 1. The van der Waals surface area contributed by atoms with E-state index in [9.17, 15) is 19.7 Å². The summed E-state index contributed by atoms with van der Waals surface area (Å²) in [5.41, 5.74) is 0.963. The van der Waals surface area contributed by atoms with Crippen LogP contribution in [0.15, 0.2) is 60.7 Å². The minimum absolute atomic E-state index is 0.0544. The molecule has 0 saturated heterocycles. The first-order chi connectivity index (χ1) is 13.5. The highest BCUT2D eigenvalue weighted by Crippen LogP contribution is 2.22. The minimum atomic E-state index is -0.576. The molecule has 0 aliphatic rings. The molecule has 0 heterocycles. The topological polar surface area (TPSA) is 95.7 Å². The van der Waals surface area contributed by atoms with Crippen LogP contribution in [0.3, 0.4) is 0 Å². The van der Waals surface area contributed by atoms with Gasteiger partial charge in [-0.2, -0.15) is 0 Å². The van der Waals surface area contributed by atoms with Crippen LogP contribution in [0.1, 0.15) is 15.9 Å². The Morgan fingerprint density at radius 3 is 2.32 bits per heavy atom. The largest absolute Gasteiger partial charge is 0.497 e. The average molecular weight is 379 g/mol. The van der Waals surface area contributed by atoms with E-state index in [1.54, 1.807) is 25.3 Å². The predicted octanol–water partition coefficient (Wildman–Crippen LogP) is 3.73. The van der Waals surface area contributed by atoms with Crippen LogP contribution in [0.4, 0.5) is 5.69 Å². The zero-order chi connectivity index (χ0) is 20.1. The summed E-state index contributed by atoms with van der Waals surface area (Å²) >= 11 is 0. The first kappa shape index (κ1) is 19.0. The van der Waals surface area contributed by atoms with Gasteiger partial charge in [-0.3, -0.25) is 19.7 Å². The molecule has 0 N–H and O–H groups in total. The Hall–Kier alpha value is -3.74. The van der Waals surface area contributed by atoms with Gasteiger partial charge in [0.1, 0.15) is 5.75 Å². The summed E-state index contributed by atoms with van der Waals surface area (Å²) in [7, 11) is 1.59. The fourth-order valence-electron chi connectivity index (χ4n) is 2.71. The number of non-ortho nitro benzene ring substituents is 1. The van der Waals surface area contributed by atoms with Gasteiger partial charge in [0.2, 0.25) is 0 Å². The summed E-state index contributed by atoms with van der Waals surface area (Å²) in [4.78, 5) is 34.4. The van der Waals surface area contributed by atoms with E-state index in [4.69, 9.17) is 9.47 Å². The van der Waals surface area contributed by atoms with Crippen LogP contribution in [-0.2, 0) is 16.0 Å². The van der Waals surface area contributed by atoms with Crippen LogP contribution >= 0.6 is 0 Å². The Labute approximate surface area is 160 Å². The standard InChI is InChI=1S/C21H17NO6/c1-27-19-9-6-15-11-17(5-4-16(15)12-19)20(23)13-28-21(24)10-14-2-7-18(8-3-14)22(25)26/h2-9,11-12H,10,13H2,1H3. The van der Waals surface area contributed by atoms with Crippen molar-refractivity contribution in [2.75, 3.05) is 13.7 Å². The number of nitro groups is 1. The quantitative estimate of drug-likeness (QED) is 0.269. The minimum Gasteiger partial charge on any atom is -0.497 e. The van der Waals surface area contributed by atoms with Crippen molar-refractivity contribution in [3.8, 4) is 5.75 Å². The Bertz CT molecular complexity index is 1040. The predicted molar refractivity (Wildman–Crippen MR) is 103 cm³/mol. The van der Waals surface area contributed by atoms with Crippen LogP contribution in [0.5, 0.6) is 5.75 Å². The molecule has 0 saturated carbocycles. The van der Waals surface area contributed by atoms with Gasteiger partial charge in [0.15, 0.2) is 12.4 Å². The van der Waals surface area contributed by atoms with Crippen molar-refractivity contribution < 1.29 is 24.0 Å². The summed E-state index contributed by atoms with van der Waals surface area (Å²) in [6.07, 6.45) is -0.0667. The molecule has 0 aliphatic carbocycles. The number of carbonyl (C=O) groups excluding carboxylic acids is 2. The lowest BCUT2D eigenvalue weighted by molar-refractivity contribution is -0.384. The van der Waals surface area contributed by atoms with Crippen molar-refractivity contribution in [3.63, 3.8) is 0 Å². The summed E-state index contributed by atoms with van der Waals surface area (Å²) in [5.74, 6) is -0.158. The molecule has 0 aromatic heterocycles. The van der Waals surface area contributed by atoms with Crippen molar-refractivity contribution in [1.29, 1.82) is 0 Å². The molecule has 0 amide bonds. The molecule has 3 aromatic carbocycles. The third kappa shape index (κ3) is 4.50. The third-order valence-electron chi connectivity index (χ3n) is 4.23. The second kappa shape index (κ2) is 8.30. The maximum atomic E-state index is 12.3. The number of hydrogen-bond donors (Lipinski definition) is 0. The van der Waals surface area contributed by atoms with Crippen molar-refractivity contribution in [3.05, 3.63) is 81.9 Å². The first-order valence-corrected chi connectivity index (χ1v) is 8.46. The molecule has 0 aliphatic heterocycles. The number of nitrogens with zero attached hydrogens (tertiary/aromatic N) is 1. The van der Waals surface area contributed by atoms with Gasteiger partial charge < -0.3 is 9.47 Å². The first-order valence-electron chi connectivity index (χ1n) is 8.46. The fraction of sp³-hybridized carbons (Fsp3) is 0.143. The van der Waals surface area contributed by atoms with E-state index >= 15 is 0 Å². The van der Waals surface area contributed by atoms with Gasteiger partial charge in [-0.1, -0.05) is 30.3 Å². The van der Waals surface area contributed by atoms with Crippen molar-refractivity contribution in [1.82, 2.24) is 0 Å². The lowest BCUT2D eigenvalue weighted by atomic mass is 10.0. The molecule has 0 radical (unpaired) electrons. The zero-order valence-electron chi connectivity index (χ0n) is 15.1. The number of esters is 1. The number of hydrogen-bond acceptors (Lipinski definition) is 6. The Morgan fingerprint density at radius 2 is 1.64 bits per heavy atom. The van der Waals surface area contributed by atoms with E-state index in [1.807, 2.05) is 18.2 Å². The molecular weight excluding hydrogens is 362 g/mol. The third-order valence-corrected chi connectivity index (χ3v) is 4.23. The summed E-state index contributed by atoms with van der Waals surface area (Å²) in [6.45, 7) is -0.368. The molecular formula is C21H17NO6. The molecule has 7 heteroatoms. The van der Waals surface area contributed by atoms with Crippen molar-refractivity contribution in [2.45, 2.75) is 6.42 Å². The van der Waals surface area contributed by atoms with Gasteiger partial charge in [0, 0.05) is 17.7 Å². The number of ether oxygens (including phenoxy) is 2. The van der Waals surface area contributed by atoms with Gasteiger partial charge in [-0.05, 0) is 34.5 Å². The number of ketones is 1. The maximum Gasteiger partial charge on any atom is 0.310 e. The summed E-state index contributed by atoms with van der Waals surface area (Å²) < 4.78 is 10.2. The van der Waals surface area contributed by atoms with E-state index < -0.39 is 10.9 Å². The van der Waals surface area contributed by atoms with E-state index in [0.717, 1.165) is 16.5 Å². The molecule has 0 fully saturated rings. The summed E-state index contributed by atoms with van der Waals surface area (Å²) in [6, 6.07) is 16.4. The summed E-state index contributed by atoms with van der Waals surface area (Å²) in [5, 5.41) is 12.4. The molecule has 0 spiro atoms. The van der Waals surface area contributed by atoms with Crippen LogP contribution in [0.25, 0.3) is 10.8 Å². The molecule has 0 bridgehead atoms. The number of benzene rings is 3. The second-order valence-electron chi connectivity index (χ2n) is 6.11. The highest BCUT2D eigenvalue weighted by Gasteiger charge is 2.12. The van der Waals surface area contributed by atoms with Crippen molar-refractivity contribution >= 4 is 28.2 Å². The van der Waals surface area contributed by atoms with E-state index in [-0.39, 0.29) is 24.5 Å². The van der Waals surface area contributed by atoms with Crippen LogP contribution in [0, 0.1) is 10.1 Å². The maximum absolute atomic E-state index is 12.3. The number of rotatable bonds is 7. The Morgan fingerprint density at radius 1 is 0.964 bits per heavy atom. The lowest BCUT2D eigenvalue weighted by Crippen LogP contribution is -2.15. The number of nitro benzene ring substituents is 1. The Balaban J connectivity index is 1.59. The molecule has 7 nitrogen and oxygen atoms in total. The molecule has 28 heavy (non-hydrogen) atoms. The van der Waals surface area contributed by atoms with Crippen LogP contribution in [0.2, 0.25) is 0 Å². The molecule has 3 aromatic rings. The smallest absolute Gasteiger partial charge is 0.310 e. The van der Waals surface area contributed by atoms with E-state index in [1.165, 1.54) is 24.3 Å². The van der Waals surface area contributed by atoms with Crippen LogP contribution < -0.4 is 4.74 Å². The average Bonchev–Trinajstić information content (AvgIpc) is 2.71. The SMILES string of the molecule is COc1ccc2cc(C(=O)COC(=O)Cc3ccc([N+](=O)[O-])cc3)ccc2c1. The molecule has 142 valence electrons. The normalized spacial score (nSPS) is 10.5. The zero-order valence-corrected chi connectivity index (χ0v) is 15.1. The van der Waals surface area contributed by atoms with Crippen LogP contribution in [-0.4, -0.2) is 30.4 Å². The van der Waals surface area contributed by atoms with Gasteiger partial charge in [0.25, 0.3) is 5.69 Å². The lowest BCUT2D eigenvalue weighted by Gasteiger charge is -2.07. The van der Waals surface area contributed by atoms with Gasteiger partial charge >= 0.3 is 5.97 Å². The van der Waals surface area contributed by atoms with E-state index in [2.05, 4.69) is 0 Å². The molecule has 0 unspecified atom stereocenters. The van der Waals surface area contributed by atoms with Gasteiger partial charge in [-0.25, -0.2) is 0 Å². The fourth-order valence-corrected chi connectivity index (χ4v) is 2.71. The van der Waals surface area contributed by atoms with E-state index in [0.29, 0.717) is 11.1 Å².